The van der Waals surface area contributed by atoms with Crippen molar-refractivity contribution in [1.82, 2.24) is 10.2 Å². The molecule has 1 aliphatic rings. The van der Waals surface area contributed by atoms with Gasteiger partial charge in [0, 0.05) is 6.54 Å². The van der Waals surface area contributed by atoms with E-state index in [1.165, 1.54) is 0 Å². The van der Waals surface area contributed by atoms with Crippen molar-refractivity contribution in [3.63, 3.8) is 0 Å². The zero-order chi connectivity index (χ0) is 13.1. The minimum Gasteiger partial charge on any atom is -0.465 e. The maximum absolute atomic E-state index is 12.0. The number of nitrogens with zero attached hydrogens (tertiary/aromatic N) is 1. The van der Waals surface area contributed by atoms with E-state index in [-0.39, 0.29) is 12.5 Å². The minimum atomic E-state index is -1.09. The second kappa shape index (κ2) is 4.91. The number of rotatable bonds is 3. The molecule has 1 aromatic rings. The fourth-order valence-electron chi connectivity index (χ4n) is 2.12. The fourth-order valence-corrected chi connectivity index (χ4v) is 2.12. The first-order chi connectivity index (χ1) is 8.65. The molecule has 2 amide bonds. The Balaban J connectivity index is 2.31. The van der Waals surface area contributed by atoms with Gasteiger partial charge < -0.3 is 10.4 Å². The normalized spacial score (nSPS) is 17.1. The van der Waals surface area contributed by atoms with E-state index in [1.54, 1.807) is 18.2 Å². The van der Waals surface area contributed by atoms with E-state index >= 15 is 0 Å². The van der Waals surface area contributed by atoms with Gasteiger partial charge in [0.25, 0.3) is 0 Å². The third kappa shape index (κ3) is 2.07. The van der Waals surface area contributed by atoms with Crippen LogP contribution < -0.4 is 5.32 Å². The molecule has 0 radical (unpaired) electrons. The van der Waals surface area contributed by atoms with Crippen LogP contribution in [0.15, 0.2) is 36.9 Å². The van der Waals surface area contributed by atoms with Crippen molar-refractivity contribution in [1.29, 1.82) is 0 Å². The summed E-state index contributed by atoms with van der Waals surface area (Å²) in [7, 11) is 0. The van der Waals surface area contributed by atoms with Gasteiger partial charge in [-0.1, -0.05) is 30.3 Å². The van der Waals surface area contributed by atoms with E-state index in [9.17, 15) is 9.59 Å². The standard InChI is InChI=1S/C13H14N2O3/c1-2-7-14-12(16)11-10-6-4-3-5-9(10)8-15(11)13(17)18/h2-6,11H,1,7-8H2,(H,14,16)(H,17,18). The lowest BCUT2D eigenvalue weighted by Crippen LogP contribution is -2.39. The maximum atomic E-state index is 12.0. The number of carbonyl (C=O) groups excluding carboxylic acids is 1. The molecule has 0 saturated heterocycles. The molecule has 1 unspecified atom stereocenters. The number of hydrogen-bond acceptors (Lipinski definition) is 2. The topological polar surface area (TPSA) is 69.6 Å². The summed E-state index contributed by atoms with van der Waals surface area (Å²) in [5.74, 6) is -0.317. The summed E-state index contributed by atoms with van der Waals surface area (Å²) in [5, 5.41) is 11.8. The molecule has 0 spiro atoms. The van der Waals surface area contributed by atoms with Crippen LogP contribution in [0.1, 0.15) is 17.2 Å². The first-order valence-electron chi connectivity index (χ1n) is 5.61. The first kappa shape index (κ1) is 12.2. The summed E-state index contributed by atoms with van der Waals surface area (Å²) >= 11 is 0. The van der Waals surface area contributed by atoms with Crippen LogP contribution in [0.25, 0.3) is 0 Å². The molecule has 0 fully saturated rings. The highest BCUT2D eigenvalue weighted by molar-refractivity contribution is 5.88. The number of fused-ring (bicyclic) bond motifs is 1. The highest BCUT2D eigenvalue weighted by Gasteiger charge is 2.37. The van der Waals surface area contributed by atoms with Gasteiger partial charge in [-0.15, -0.1) is 6.58 Å². The molecule has 5 nitrogen and oxygen atoms in total. The minimum absolute atomic E-state index is 0.248. The van der Waals surface area contributed by atoms with Gasteiger partial charge in [-0.2, -0.15) is 0 Å². The van der Waals surface area contributed by atoms with E-state index in [1.807, 2.05) is 12.1 Å². The van der Waals surface area contributed by atoms with Gasteiger partial charge in [0.1, 0.15) is 6.04 Å². The van der Waals surface area contributed by atoms with Gasteiger partial charge >= 0.3 is 6.09 Å². The smallest absolute Gasteiger partial charge is 0.408 e. The monoisotopic (exact) mass is 246 g/mol. The second-order valence-electron chi connectivity index (χ2n) is 4.05. The van der Waals surface area contributed by atoms with Crippen LogP contribution in [0.4, 0.5) is 4.79 Å². The predicted octanol–water partition coefficient (Wildman–Crippen LogP) is 1.52. The largest absolute Gasteiger partial charge is 0.465 e. The molecule has 2 N–H and O–H groups in total. The van der Waals surface area contributed by atoms with Crippen molar-refractivity contribution in [3.8, 4) is 0 Å². The molecule has 1 aromatic carbocycles. The zero-order valence-corrected chi connectivity index (χ0v) is 9.80. The third-order valence-corrected chi connectivity index (χ3v) is 2.92. The van der Waals surface area contributed by atoms with Crippen LogP contribution >= 0.6 is 0 Å². The van der Waals surface area contributed by atoms with Crippen molar-refractivity contribution in [2.24, 2.45) is 0 Å². The second-order valence-corrected chi connectivity index (χ2v) is 4.05. The molecule has 2 rings (SSSR count). The van der Waals surface area contributed by atoms with E-state index in [4.69, 9.17) is 5.11 Å². The molecule has 0 saturated carbocycles. The van der Waals surface area contributed by atoms with Crippen LogP contribution in [-0.2, 0) is 11.3 Å². The molecule has 0 aromatic heterocycles. The number of hydrogen-bond donors (Lipinski definition) is 2. The van der Waals surface area contributed by atoms with Gasteiger partial charge in [-0.3, -0.25) is 9.69 Å². The molecule has 5 heteroatoms. The van der Waals surface area contributed by atoms with Crippen molar-refractivity contribution in [2.45, 2.75) is 12.6 Å². The average molecular weight is 246 g/mol. The van der Waals surface area contributed by atoms with Crippen LogP contribution in [-0.4, -0.2) is 28.6 Å². The van der Waals surface area contributed by atoms with E-state index in [2.05, 4.69) is 11.9 Å². The molecular formula is C13H14N2O3. The Morgan fingerprint density at radius 1 is 1.50 bits per heavy atom. The van der Waals surface area contributed by atoms with Gasteiger partial charge in [-0.05, 0) is 11.1 Å². The first-order valence-corrected chi connectivity index (χ1v) is 5.61. The highest BCUT2D eigenvalue weighted by Crippen LogP contribution is 2.33. The van der Waals surface area contributed by atoms with Crippen molar-refractivity contribution in [2.75, 3.05) is 6.54 Å². The Bertz CT molecular complexity index is 499. The van der Waals surface area contributed by atoms with E-state index in [0.717, 1.165) is 16.0 Å². The van der Waals surface area contributed by atoms with Gasteiger partial charge in [0.2, 0.25) is 5.91 Å². The average Bonchev–Trinajstić information content (AvgIpc) is 2.75. The quantitative estimate of drug-likeness (QED) is 0.794. The number of carbonyl (C=O) groups is 2. The molecule has 1 aliphatic heterocycles. The van der Waals surface area contributed by atoms with Gasteiger partial charge in [-0.25, -0.2) is 4.79 Å². The number of benzene rings is 1. The van der Waals surface area contributed by atoms with Crippen LogP contribution in [0.5, 0.6) is 0 Å². The summed E-state index contributed by atoms with van der Waals surface area (Å²) in [5.41, 5.74) is 1.63. The van der Waals surface area contributed by atoms with Gasteiger partial charge in [0.15, 0.2) is 0 Å². The lowest BCUT2D eigenvalue weighted by atomic mass is 10.0. The fraction of sp³-hybridized carbons (Fsp3) is 0.231. The molecule has 0 aliphatic carbocycles. The predicted molar refractivity (Wildman–Crippen MR) is 66.0 cm³/mol. The summed E-state index contributed by atoms with van der Waals surface area (Å²) in [4.78, 5) is 24.3. The SMILES string of the molecule is C=CCNC(=O)C1c2ccccc2CN1C(=O)O. The molecule has 1 atom stereocenters. The summed E-state index contributed by atoms with van der Waals surface area (Å²) in [6.45, 7) is 4.09. The van der Waals surface area contributed by atoms with Crippen LogP contribution in [0.3, 0.4) is 0 Å². The Morgan fingerprint density at radius 3 is 2.89 bits per heavy atom. The number of carboxylic acid groups (broad SMARTS) is 1. The lowest BCUT2D eigenvalue weighted by molar-refractivity contribution is -0.125. The Morgan fingerprint density at radius 2 is 2.22 bits per heavy atom. The zero-order valence-electron chi connectivity index (χ0n) is 9.80. The molecule has 0 bridgehead atoms. The maximum Gasteiger partial charge on any atom is 0.408 e. The number of amides is 2. The molecular weight excluding hydrogens is 232 g/mol. The molecule has 18 heavy (non-hydrogen) atoms. The van der Waals surface area contributed by atoms with Crippen LogP contribution in [0, 0.1) is 0 Å². The molecule has 1 heterocycles. The summed E-state index contributed by atoms with van der Waals surface area (Å²) < 4.78 is 0. The summed E-state index contributed by atoms with van der Waals surface area (Å²) in [6, 6.07) is 6.50. The summed E-state index contributed by atoms with van der Waals surface area (Å²) in [6.07, 6.45) is 0.467. The Hall–Kier alpha value is -2.30. The van der Waals surface area contributed by atoms with Crippen LogP contribution in [0.2, 0.25) is 0 Å². The third-order valence-electron chi connectivity index (χ3n) is 2.92. The Labute approximate surface area is 105 Å². The highest BCUT2D eigenvalue weighted by atomic mass is 16.4. The lowest BCUT2D eigenvalue weighted by Gasteiger charge is -2.21. The van der Waals surface area contributed by atoms with Crippen molar-refractivity contribution in [3.05, 3.63) is 48.0 Å². The van der Waals surface area contributed by atoms with Crippen molar-refractivity contribution < 1.29 is 14.7 Å². The van der Waals surface area contributed by atoms with E-state index < -0.39 is 12.1 Å². The van der Waals surface area contributed by atoms with Gasteiger partial charge in [0.05, 0.1) is 6.54 Å². The van der Waals surface area contributed by atoms with Crippen molar-refractivity contribution >= 4 is 12.0 Å². The van der Waals surface area contributed by atoms with E-state index in [0.29, 0.717) is 6.54 Å². The Kier molecular flexibility index (Phi) is 3.32. The number of nitrogens with one attached hydrogen (secondary N) is 1. The molecule has 94 valence electrons.